The number of aliphatic carboxylic acids is 1. The summed E-state index contributed by atoms with van der Waals surface area (Å²) in [6.07, 6.45) is -1.29. The van der Waals surface area contributed by atoms with Crippen molar-refractivity contribution in [1.82, 2.24) is 0 Å². The molecule has 1 atom stereocenters. The number of rotatable bonds is 1. The first-order valence-corrected chi connectivity index (χ1v) is 3.66. The minimum atomic E-state index is -1.29. The van der Waals surface area contributed by atoms with Crippen LogP contribution in [-0.4, -0.2) is 28.1 Å². The average Bonchev–Trinajstić information content (AvgIpc) is 2.02. The van der Waals surface area contributed by atoms with E-state index in [0.717, 1.165) is 0 Å². The maximum atomic E-state index is 10.6. The molecule has 4 heteroatoms. The smallest absolute Gasteiger partial charge is 0.336 e. The largest absolute Gasteiger partial charge is 0.478 e. The predicted octanol–water partition coefficient (Wildman–Crippen LogP) is 0.515. The second kappa shape index (κ2) is 2.57. The van der Waals surface area contributed by atoms with Crippen LogP contribution < -0.4 is 0 Å². The van der Waals surface area contributed by atoms with E-state index in [2.05, 4.69) is 0 Å². The van der Waals surface area contributed by atoms with Gasteiger partial charge in [0.2, 0.25) is 0 Å². The number of carboxylic acid groups (broad SMARTS) is 1. The van der Waals surface area contributed by atoms with E-state index in [0.29, 0.717) is 5.57 Å². The highest BCUT2D eigenvalue weighted by Gasteiger charge is 2.39. The monoisotopic (exact) mass is 172 g/mol. The number of carboxylic acids is 1. The highest BCUT2D eigenvalue weighted by atomic mass is 16.6. The third-order valence-electron chi connectivity index (χ3n) is 2.19. The molecule has 0 spiro atoms. The molecule has 1 aliphatic rings. The van der Waals surface area contributed by atoms with Gasteiger partial charge in [0.05, 0.1) is 11.2 Å². The molecule has 2 N–H and O–H groups in total. The van der Waals surface area contributed by atoms with E-state index in [1.807, 2.05) is 0 Å². The Balaban J connectivity index is 3.10. The molecule has 0 saturated heterocycles. The van der Waals surface area contributed by atoms with Crippen LogP contribution >= 0.6 is 0 Å². The summed E-state index contributed by atoms with van der Waals surface area (Å²) in [6, 6.07) is 0. The molecule has 0 radical (unpaired) electrons. The van der Waals surface area contributed by atoms with Gasteiger partial charge in [-0.1, -0.05) is 0 Å². The van der Waals surface area contributed by atoms with E-state index in [-0.39, 0.29) is 5.57 Å². The van der Waals surface area contributed by atoms with Crippen LogP contribution in [0.1, 0.15) is 20.8 Å². The second-order valence-electron chi connectivity index (χ2n) is 3.32. The van der Waals surface area contributed by atoms with Crippen molar-refractivity contribution in [3.8, 4) is 0 Å². The fourth-order valence-corrected chi connectivity index (χ4v) is 1.20. The van der Waals surface area contributed by atoms with Crippen molar-refractivity contribution >= 4 is 5.97 Å². The van der Waals surface area contributed by atoms with Crippen LogP contribution in [0.15, 0.2) is 11.1 Å². The van der Waals surface area contributed by atoms with Crippen molar-refractivity contribution in [1.29, 1.82) is 0 Å². The van der Waals surface area contributed by atoms with Gasteiger partial charge < -0.3 is 14.9 Å². The molecule has 0 aromatic rings. The molecule has 0 saturated carbocycles. The van der Waals surface area contributed by atoms with Gasteiger partial charge in [0.15, 0.2) is 6.29 Å². The number of carbonyl (C=O) groups is 1. The number of aliphatic hydroxyl groups excluding tert-OH is 1. The summed E-state index contributed by atoms with van der Waals surface area (Å²) in [5.41, 5.74) is -0.143. The van der Waals surface area contributed by atoms with Gasteiger partial charge in [0, 0.05) is 0 Å². The minimum Gasteiger partial charge on any atom is -0.478 e. The summed E-state index contributed by atoms with van der Waals surface area (Å²) in [5.74, 6) is -1.12. The number of hydrogen-bond donors (Lipinski definition) is 2. The van der Waals surface area contributed by atoms with Gasteiger partial charge in [-0.25, -0.2) is 4.79 Å². The number of aliphatic hydroxyl groups is 1. The van der Waals surface area contributed by atoms with Crippen molar-refractivity contribution in [3.05, 3.63) is 11.1 Å². The quantitative estimate of drug-likeness (QED) is 0.605. The molecule has 4 nitrogen and oxygen atoms in total. The van der Waals surface area contributed by atoms with E-state index in [9.17, 15) is 9.90 Å². The molecular formula is C8H12O4. The van der Waals surface area contributed by atoms with Crippen LogP contribution in [0.2, 0.25) is 0 Å². The Morgan fingerprint density at radius 2 is 2.08 bits per heavy atom. The first kappa shape index (κ1) is 9.22. The Hall–Kier alpha value is -0.870. The summed E-state index contributed by atoms with van der Waals surface area (Å²) in [7, 11) is 0. The molecule has 0 aliphatic carbocycles. The van der Waals surface area contributed by atoms with Gasteiger partial charge in [-0.2, -0.15) is 0 Å². The Morgan fingerprint density at radius 3 is 2.25 bits per heavy atom. The van der Waals surface area contributed by atoms with Crippen LogP contribution in [0.5, 0.6) is 0 Å². The number of hydrogen-bond acceptors (Lipinski definition) is 3. The van der Waals surface area contributed by atoms with Crippen LogP contribution in [0.25, 0.3) is 0 Å². The molecule has 12 heavy (non-hydrogen) atoms. The molecule has 1 aliphatic heterocycles. The molecule has 0 bridgehead atoms. The molecule has 1 unspecified atom stereocenters. The van der Waals surface area contributed by atoms with E-state index >= 15 is 0 Å². The van der Waals surface area contributed by atoms with E-state index in [4.69, 9.17) is 9.84 Å². The third kappa shape index (κ3) is 1.23. The average molecular weight is 172 g/mol. The van der Waals surface area contributed by atoms with E-state index < -0.39 is 17.9 Å². The Morgan fingerprint density at radius 1 is 1.58 bits per heavy atom. The van der Waals surface area contributed by atoms with Gasteiger partial charge in [0.1, 0.15) is 0 Å². The van der Waals surface area contributed by atoms with Gasteiger partial charge in [0.25, 0.3) is 0 Å². The lowest BCUT2D eigenvalue weighted by Crippen LogP contribution is -2.23. The summed E-state index contributed by atoms with van der Waals surface area (Å²) in [5, 5.41) is 17.9. The standard InChI is InChI=1S/C8H12O4/c1-4-5(6(9)10)7(11)12-8(4,2)3/h7,11H,1-3H3,(H,9,10). The van der Waals surface area contributed by atoms with Crippen LogP contribution in [0, 0.1) is 0 Å². The highest BCUT2D eigenvalue weighted by molar-refractivity contribution is 5.89. The van der Waals surface area contributed by atoms with Crippen molar-refractivity contribution in [3.63, 3.8) is 0 Å². The zero-order valence-electron chi connectivity index (χ0n) is 7.29. The molecule has 0 aromatic carbocycles. The molecule has 1 heterocycles. The topological polar surface area (TPSA) is 66.8 Å². The van der Waals surface area contributed by atoms with E-state index in [1.54, 1.807) is 20.8 Å². The minimum absolute atomic E-state index is 0.0417. The number of ether oxygens (including phenoxy) is 1. The first-order chi connectivity index (χ1) is 5.36. The van der Waals surface area contributed by atoms with Crippen molar-refractivity contribution in [2.45, 2.75) is 32.7 Å². The lowest BCUT2D eigenvalue weighted by atomic mass is 9.97. The molecule has 0 amide bonds. The van der Waals surface area contributed by atoms with Crippen molar-refractivity contribution < 1.29 is 19.7 Å². The fourth-order valence-electron chi connectivity index (χ4n) is 1.20. The van der Waals surface area contributed by atoms with Crippen LogP contribution in [0.3, 0.4) is 0 Å². The SMILES string of the molecule is CC1=C(C(=O)O)C(O)OC1(C)C. The maximum Gasteiger partial charge on any atom is 0.336 e. The molecule has 0 aromatic heterocycles. The van der Waals surface area contributed by atoms with Crippen molar-refractivity contribution in [2.24, 2.45) is 0 Å². The lowest BCUT2D eigenvalue weighted by Gasteiger charge is -2.19. The molecule has 0 fully saturated rings. The molecule has 1 rings (SSSR count). The van der Waals surface area contributed by atoms with Gasteiger partial charge in [-0.15, -0.1) is 0 Å². The fraction of sp³-hybridized carbons (Fsp3) is 0.625. The van der Waals surface area contributed by atoms with Gasteiger partial charge in [-0.05, 0) is 26.3 Å². The Kier molecular flexibility index (Phi) is 1.97. The normalized spacial score (nSPS) is 27.8. The molecular weight excluding hydrogens is 160 g/mol. The molecule has 68 valence electrons. The zero-order valence-corrected chi connectivity index (χ0v) is 7.29. The Bertz CT molecular complexity index is 252. The van der Waals surface area contributed by atoms with E-state index in [1.165, 1.54) is 0 Å². The second-order valence-corrected chi connectivity index (χ2v) is 3.32. The summed E-state index contributed by atoms with van der Waals surface area (Å²) in [6.45, 7) is 5.10. The van der Waals surface area contributed by atoms with Gasteiger partial charge in [-0.3, -0.25) is 0 Å². The zero-order chi connectivity index (χ0) is 9.52. The van der Waals surface area contributed by atoms with Gasteiger partial charge >= 0.3 is 5.97 Å². The lowest BCUT2D eigenvalue weighted by molar-refractivity contribution is -0.142. The van der Waals surface area contributed by atoms with Crippen LogP contribution in [-0.2, 0) is 9.53 Å². The summed E-state index contributed by atoms with van der Waals surface area (Å²) in [4.78, 5) is 10.6. The summed E-state index contributed by atoms with van der Waals surface area (Å²) >= 11 is 0. The summed E-state index contributed by atoms with van der Waals surface area (Å²) < 4.78 is 5.04. The maximum absolute atomic E-state index is 10.6. The highest BCUT2D eigenvalue weighted by Crippen LogP contribution is 2.34. The van der Waals surface area contributed by atoms with Crippen LogP contribution in [0.4, 0.5) is 0 Å². The first-order valence-electron chi connectivity index (χ1n) is 3.66. The predicted molar refractivity (Wildman–Crippen MR) is 41.5 cm³/mol. The Labute approximate surface area is 70.5 Å². The van der Waals surface area contributed by atoms with Crippen molar-refractivity contribution in [2.75, 3.05) is 0 Å². The third-order valence-corrected chi connectivity index (χ3v) is 2.19.